The van der Waals surface area contributed by atoms with Crippen molar-refractivity contribution < 1.29 is 202 Å². The second-order valence-corrected chi connectivity index (χ2v) is 29.4. The molecule has 22 rings (SSSR count). The first-order chi connectivity index (χ1) is 51.0. The minimum absolute atomic E-state index is 0.0679. The van der Waals surface area contributed by atoms with E-state index in [1.54, 1.807) is 0 Å². The number of hydrogen-bond donors (Lipinski definition) is 22. The zero-order valence-corrected chi connectivity index (χ0v) is 60.0. The van der Waals surface area contributed by atoms with Crippen molar-refractivity contribution in [1.29, 1.82) is 0 Å². The minimum atomic E-state index is -2.30. The normalized spacial score (nSPS) is 44.1. The third kappa shape index (κ3) is 22.8. The topological polar surface area (TPSA) is 653 Å². The first-order valence-electron chi connectivity index (χ1n) is 35.1. The third-order valence-corrected chi connectivity index (χ3v) is 22.2. The van der Waals surface area contributed by atoms with Gasteiger partial charge in [0.1, 0.15) is 152 Å². The number of ketones is 2. The number of aliphatic hydroxyl groups excluding tert-OH is 19. The summed E-state index contributed by atoms with van der Waals surface area (Å²) in [5.74, 6) is -8.28. The summed E-state index contributed by atoms with van der Waals surface area (Å²) in [6.45, 7) is -5.48. The number of carbonyl (C=O) groups excluding carboxylic acids is 2. The van der Waals surface area contributed by atoms with Crippen LogP contribution in [0.25, 0.3) is 0 Å². The van der Waals surface area contributed by atoms with Gasteiger partial charge in [0.25, 0.3) is 0 Å². The van der Waals surface area contributed by atoms with Crippen LogP contribution >= 0.6 is 23.5 Å². The van der Waals surface area contributed by atoms with Crippen LogP contribution in [0.5, 0.6) is 0 Å². The van der Waals surface area contributed by atoms with Gasteiger partial charge in [-0.1, -0.05) is 0 Å². The van der Waals surface area contributed by atoms with E-state index in [-0.39, 0.29) is 62.3 Å². The summed E-state index contributed by atoms with van der Waals surface area (Å²) in [4.78, 5) is 48.8. The molecule has 22 N–H and O–H groups in total. The molecule has 22 fully saturated rings. The number of ether oxygens (including phenoxy) is 16. The van der Waals surface area contributed by atoms with E-state index < -0.39 is 316 Å². The number of carboxylic acid groups (broad SMARTS) is 2. The standard InChI is InChI=1S/C63H105NO41S2/c1-23(70)3-5-90-7-8-91-6-4-25(71)9-24(57(86)87)19-106-22-37-56-46(80)51(85)63(100-37)103-54-33(14-69)97-60(48(82)43(54)77)102-53-32(13-68)98-61(49(83)45(53)79)104-55-36(21-107-20-28(64-2)58(88)89)95-35(41(75)42(55)76)18-92-15-26-29(10-65)94-34(40(74)38(26)72)17-93-16-27-30(11-66)96-59(47(81)39(27)73)101-52-31(12-67)99-62(105-56)50(84)44(52)78/h24,26-56,59-69,72-85H,3-22H2,1-2H3,(H,86,87)(H,88,89)/t24-,26-,27-,28-,29?,30?,31?,32?,33?,34-,35+,36?,37?,38+,39+,40?,41?,42-,43-,44-,45-,46-,47?,48?,49?,50?,51?,52-,53-,54-,55-,56-,59-,60+,61+,62-,63-/m1/s1. The van der Waals surface area contributed by atoms with Crippen molar-refractivity contribution >= 4 is 47.0 Å². The Morgan fingerprint density at radius 3 is 1.10 bits per heavy atom. The highest BCUT2D eigenvalue weighted by molar-refractivity contribution is 7.99. The molecule has 14 bridgehead atoms. The Morgan fingerprint density at radius 2 is 0.710 bits per heavy atom. The molecule has 0 saturated carbocycles. The van der Waals surface area contributed by atoms with E-state index >= 15 is 0 Å². The fraction of sp³-hybridized carbons (Fsp3) is 0.937. The lowest BCUT2D eigenvalue weighted by Crippen LogP contribution is -2.68. The van der Waals surface area contributed by atoms with Crippen LogP contribution in [0, 0.1) is 17.8 Å². The van der Waals surface area contributed by atoms with Gasteiger partial charge in [0, 0.05) is 54.1 Å². The number of aliphatic carboxylic acids is 2. The maximum atomic E-state index is 13.1. The number of Topliss-reactive ketones (excluding diaryl/α,β-unsaturated/α-hetero) is 2. The monoisotopic (exact) mass is 1600 g/mol. The predicted octanol–water partition coefficient (Wildman–Crippen LogP) is -12.4. The van der Waals surface area contributed by atoms with Crippen LogP contribution in [0.15, 0.2) is 0 Å². The number of hydrogen-bond acceptors (Lipinski definition) is 42. The van der Waals surface area contributed by atoms with E-state index in [0.29, 0.717) is 0 Å². The number of thioether (sulfide) groups is 2. The number of aliphatic hydroxyl groups is 19. The Balaban J connectivity index is 1.05. The van der Waals surface area contributed by atoms with E-state index in [0.717, 1.165) is 23.5 Å². The number of carboxylic acids is 2. The zero-order valence-electron chi connectivity index (χ0n) is 58.4. The summed E-state index contributed by atoms with van der Waals surface area (Å²) in [7, 11) is 1.39. The molecule has 22 heterocycles. The SMILES string of the molecule is CN[C@H](CSCC1O[C@H]2COC[C@@H]3C(CO)O[C@H](COC[C@@H]4C(CO)O[C@H](O[C@@H]5C(CO)O[C@H](O[C@@H]6C(CSC[C@@H](CC(=O)CCOCCOCCC(C)=O)C(=O)O)O[C@H](O[C@@H]7C(CO)O[C@@H](O[C@@H]8C(CO)O[C@@H](O[C@H]1[C@H](O)C2O)C(O)[C@H]8O)C(O)[C@H]7O)C(O)[C@H]6O)C(O)[C@H]5O)C(O)[C@H]4O)C(O)[C@H]3O)C(=O)O. The van der Waals surface area contributed by atoms with Gasteiger partial charge >= 0.3 is 11.9 Å². The molecule has 44 heteroatoms. The molecule has 0 spiro atoms. The van der Waals surface area contributed by atoms with E-state index in [9.17, 15) is 126 Å². The van der Waals surface area contributed by atoms with E-state index in [2.05, 4.69) is 5.32 Å². The molecule has 0 aromatic heterocycles. The molecule has 0 amide bonds. The number of fused-ring (bicyclic) bond motifs is 1. The lowest BCUT2D eigenvalue weighted by Gasteiger charge is -2.50. The molecule has 22 aliphatic heterocycles. The second-order valence-electron chi connectivity index (χ2n) is 27.3. The molecule has 0 aromatic rings. The summed E-state index contributed by atoms with van der Waals surface area (Å²) in [6, 6.07) is -1.11. The number of likely N-dealkylation sites (N-methyl/N-ethyl adjacent to an activating group) is 1. The van der Waals surface area contributed by atoms with Gasteiger partial charge in [-0.3, -0.25) is 19.2 Å². The van der Waals surface area contributed by atoms with Crippen molar-refractivity contribution in [3.63, 3.8) is 0 Å². The summed E-state index contributed by atoms with van der Waals surface area (Å²) in [5.41, 5.74) is 0. The van der Waals surface area contributed by atoms with E-state index in [1.165, 1.54) is 14.0 Å². The van der Waals surface area contributed by atoms with Crippen LogP contribution in [0.4, 0.5) is 0 Å². The predicted molar refractivity (Wildman–Crippen MR) is 351 cm³/mol. The van der Waals surface area contributed by atoms with Crippen LogP contribution in [0.2, 0.25) is 0 Å². The van der Waals surface area contributed by atoms with E-state index in [1.807, 2.05) is 0 Å². The van der Waals surface area contributed by atoms with Crippen molar-refractivity contribution in [2.24, 2.45) is 17.8 Å². The number of carbonyl (C=O) groups is 4. The molecule has 620 valence electrons. The molecule has 0 aliphatic carbocycles. The molecule has 107 heavy (non-hydrogen) atoms. The number of nitrogens with one attached hydrogen (secondary N) is 1. The number of rotatable bonds is 27. The highest BCUT2D eigenvalue weighted by atomic mass is 32.2. The first-order valence-corrected chi connectivity index (χ1v) is 37.4. The largest absolute Gasteiger partial charge is 0.481 e. The van der Waals surface area contributed by atoms with Gasteiger partial charge in [-0.15, -0.1) is 0 Å². The van der Waals surface area contributed by atoms with Crippen LogP contribution in [0.3, 0.4) is 0 Å². The van der Waals surface area contributed by atoms with Crippen molar-refractivity contribution in [2.75, 3.05) is 116 Å². The van der Waals surface area contributed by atoms with Crippen LogP contribution in [0.1, 0.15) is 26.2 Å². The fourth-order valence-corrected chi connectivity index (χ4v) is 15.9. The van der Waals surface area contributed by atoms with Gasteiger partial charge in [-0.05, 0) is 14.0 Å². The Bertz CT molecular complexity index is 2690. The van der Waals surface area contributed by atoms with Gasteiger partial charge in [0.2, 0.25) is 0 Å². The van der Waals surface area contributed by atoms with Gasteiger partial charge in [-0.2, -0.15) is 23.5 Å². The van der Waals surface area contributed by atoms with Gasteiger partial charge in [0.05, 0.1) is 128 Å². The fourth-order valence-electron chi connectivity index (χ4n) is 13.5. The summed E-state index contributed by atoms with van der Waals surface area (Å²) < 4.78 is 93.9. The molecule has 14 unspecified atom stereocenters. The maximum Gasteiger partial charge on any atom is 0.321 e. The van der Waals surface area contributed by atoms with E-state index in [4.69, 9.17) is 75.8 Å². The van der Waals surface area contributed by atoms with Crippen molar-refractivity contribution in [1.82, 2.24) is 5.32 Å². The smallest absolute Gasteiger partial charge is 0.321 e. The first kappa shape index (κ1) is 90.1. The van der Waals surface area contributed by atoms with Gasteiger partial charge < -0.3 is 188 Å². The zero-order chi connectivity index (χ0) is 78.2. The lowest BCUT2D eigenvalue weighted by molar-refractivity contribution is -0.392. The lowest BCUT2D eigenvalue weighted by atomic mass is 9.87. The third-order valence-electron chi connectivity index (χ3n) is 19.9. The molecular formula is C63H105NO41S2. The van der Waals surface area contributed by atoms with Crippen LogP contribution < -0.4 is 5.32 Å². The Labute approximate surface area is 620 Å². The highest BCUT2D eigenvalue weighted by Gasteiger charge is 2.58. The van der Waals surface area contributed by atoms with Gasteiger partial charge in [0.15, 0.2) is 31.5 Å². The average molecular weight is 1600 g/mol. The summed E-state index contributed by atoms with van der Waals surface area (Å²) in [6.07, 6.45) is -63.7. The Morgan fingerprint density at radius 1 is 0.383 bits per heavy atom. The molecule has 22 aliphatic rings. The minimum Gasteiger partial charge on any atom is -0.481 e. The second kappa shape index (κ2) is 42.8. The summed E-state index contributed by atoms with van der Waals surface area (Å²) >= 11 is 1.77. The average Bonchev–Trinajstić information content (AvgIpc) is 0.776. The highest BCUT2D eigenvalue weighted by Crippen LogP contribution is 2.39. The van der Waals surface area contributed by atoms with Crippen molar-refractivity contribution in [3.8, 4) is 0 Å². The van der Waals surface area contributed by atoms with Crippen molar-refractivity contribution in [3.05, 3.63) is 0 Å². The molecule has 0 radical (unpaired) electrons. The Kier molecular flexibility index (Phi) is 36.0. The molecule has 0 aromatic carbocycles. The van der Waals surface area contributed by atoms with Gasteiger partial charge in [-0.25, -0.2) is 0 Å². The maximum absolute atomic E-state index is 13.1. The molecular weight excluding hydrogens is 1490 g/mol. The Hall–Kier alpha value is -2.46. The molecule has 37 atom stereocenters. The van der Waals surface area contributed by atoms with Crippen LogP contribution in [-0.2, 0) is 95.0 Å². The van der Waals surface area contributed by atoms with Crippen molar-refractivity contribution in [2.45, 2.75) is 235 Å². The quantitative estimate of drug-likeness (QED) is 0.0340. The van der Waals surface area contributed by atoms with Crippen LogP contribution in [-0.4, -0.2) is 455 Å². The molecule has 22 saturated heterocycles. The summed E-state index contributed by atoms with van der Waals surface area (Å²) in [5, 5.41) is 239. The molecule has 42 nitrogen and oxygen atoms in total.